The van der Waals surface area contributed by atoms with Gasteiger partial charge in [0.2, 0.25) is 0 Å². The standard InChI is InChI=1S/C13H8FN3O2/c14-9-6-7(15)3-4-10(9)17-12(18)8-2-1-5-16-11(8)13(17)19/h1-6H,15H2. The van der Waals surface area contributed by atoms with Gasteiger partial charge >= 0.3 is 0 Å². The number of carbonyl (C=O) groups is 2. The van der Waals surface area contributed by atoms with Gasteiger partial charge in [-0.25, -0.2) is 9.29 Å². The van der Waals surface area contributed by atoms with E-state index in [0.29, 0.717) is 0 Å². The molecule has 0 spiro atoms. The minimum atomic E-state index is -0.727. The third kappa shape index (κ3) is 1.57. The van der Waals surface area contributed by atoms with Gasteiger partial charge in [0.25, 0.3) is 11.8 Å². The minimum Gasteiger partial charge on any atom is -0.399 e. The van der Waals surface area contributed by atoms with Crippen LogP contribution in [0.4, 0.5) is 15.8 Å². The van der Waals surface area contributed by atoms with Crippen LogP contribution in [-0.4, -0.2) is 16.8 Å². The molecule has 1 aliphatic rings. The Hall–Kier alpha value is -2.76. The summed E-state index contributed by atoms with van der Waals surface area (Å²) in [4.78, 5) is 28.8. The average Bonchev–Trinajstić information content (AvgIpc) is 2.64. The number of nitrogens with zero attached hydrogens (tertiary/aromatic N) is 2. The van der Waals surface area contributed by atoms with E-state index in [-0.39, 0.29) is 22.6 Å². The van der Waals surface area contributed by atoms with Gasteiger partial charge in [-0.1, -0.05) is 0 Å². The molecule has 0 saturated carbocycles. The molecule has 0 unspecified atom stereocenters. The van der Waals surface area contributed by atoms with Gasteiger partial charge in [-0.2, -0.15) is 0 Å². The van der Waals surface area contributed by atoms with Crippen LogP contribution < -0.4 is 10.6 Å². The van der Waals surface area contributed by atoms with Crippen LogP contribution in [0.5, 0.6) is 0 Å². The number of nitrogen functional groups attached to an aromatic ring is 1. The highest BCUT2D eigenvalue weighted by Gasteiger charge is 2.38. The molecule has 3 rings (SSSR count). The van der Waals surface area contributed by atoms with Crippen LogP contribution in [0, 0.1) is 5.82 Å². The summed E-state index contributed by atoms with van der Waals surface area (Å²) >= 11 is 0. The summed E-state index contributed by atoms with van der Waals surface area (Å²) in [6, 6.07) is 6.82. The van der Waals surface area contributed by atoms with Crippen LogP contribution in [0.1, 0.15) is 20.8 Å². The van der Waals surface area contributed by atoms with Crippen molar-refractivity contribution < 1.29 is 14.0 Å². The predicted octanol–water partition coefficient (Wildman–Crippen LogP) is 1.60. The van der Waals surface area contributed by atoms with Gasteiger partial charge in [-0.3, -0.25) is 14.6 Å². The smallest absolute Gasteiger partial charge is 0.284 e. The fourth-order valence-corrected chi connectivity index (χ4v) is 1.99. The highest BCUT2D eigenvalue weighted by Crippen LogP contribution is 2.29. The van der Waals surface area contributed by atoms with Gasteiger partial charge in [0, 0.05) is 11.9 Å². The molecule has 1 aliphatic heterocycles. The Kier molecular flexibility index (Phi) is 2.31. The molecule has 19 heavy (non-hydrogen) atoms. The van der Waals surface area contributed by atoms with E-state index >= 15 is 0 Å². The van der Waals surface area contributed by atoms with Gasteiger partial charge < -0.3 is 5.73 Å². The lowest BCUT2D eigenvalue weighted by molar-refractivity contribution is 0.0923. The number of pyridine rings is 1. The van der Waals surface area contributed by atoms with Crippen molar-refractivity contribution in [1.29, 1.82) is 0 Å². The van der Waals surface area contributed by atoms with Crippen LogP contribution in [-0.2, 0) is 0 Å². The topological polar surface area (TPSA) is 76.3 Å². The van der Waals surface area contributed by atoms with Gasteiger partial charge in [-0.05, 0) is 30.3 Å². The number of carbonyl (C=O) groups excluding carboxylic acids is 2. The first-order valence-electron chi connectivity index (χ1n) is 5.48. The molecule has 1 aromatic heterocycles. The summed E-state index contributed by atoms with van der Waals surface area (Å²) in [7, 11) is 0. The highest BCUT2D eigenvalue weighted by molar-refractivity contribution is 6.33. The number of benzene rings is 1. The molecule has 0 fully saturated rings. The maximum atomic E-state index is 13.8. The van der Waals surface area contributed by atoms with E-state index in [9.17, 15) is 14.0 Å². The van der Waals surface area contributed by atoms with Crippen molar-refractivity contribution >= 4 is 23.2 Å². The first kappa shape index (κ1) is 11.3. The number of anilines is 2. The van der Waals surface area contributed by atoms with Gasteiger partial charge in [0.15, 0.2) is 0 Å². The largest absolute Gasteiger partial charge is 0.399 e. The van der Waals surface area contributed by atoms with Crippen LogP contribution in [0.15, 0.2) is 36.5 Å². The summed E-state index contributed by atoms with van der Waals surface area (Å²) in [5.74, 6) is -1.95. The average molecular weight is 257 g/mol. The molecule has 0 bridgehead atoms. The maximum Gasteiger partial charge on any atom is 0.284 e. The van der Waals surface area contributed by atoms with Crippen LogP contribution in [0.25, 0.3) is 0 Å². The number of hydrogen-bond donors (Lipinski definition) is 1. The second-order valence-corrected chi connectivity index (χ2v) is 4.06. The summed E-state index contributed by atoms with van der Waals surface area (Å²) < 4.78 is 13.8. The Labute approximate surface area is 107 Å². The molecule has 2 aromatic rings. The van der Waals surface area contributed by atoms with E-state index in [4.69, 9.17) is 5.73 Å². The number of halogens is 1. The molecule has 94 valence electrons. The lowest BCUT2D eigenvalue weighted by atomic mass is 10.2. The zero-order valence-corrected chi connectivity index (χ0v) is 9.63. The second kappa shape index (κ2) is 3.88. The number of nitrogens with two attached hydrogens (primary N) is 1. The summed E-state index contributed by atoms with van der Waals surface area (Å²) in [5, 5.41) is 0. The number of fused-ring (bicyclic) bond motifs is 1. The Morgan fingerprint density at radius 1 is 1.16 bits per heavy atom. The molecule has 2 N–H and O–H groups in total. The SMILES string of the molecule is Nc1ccc(N2C(=O)c3cccnc3C2=O)c(F)c1. The van der Waals surface area contributed by atoms with E-state index in [2.05, 4.69) is 4.98 Å². The Morgan fingerprint density at radius 2 is 1.95 bits per heavy atom. The van der Waals surface area contributed by atoms with E-state index in [0.717, 1.165) is 11.0 Å². The number of hydrogen-bond acceptors (Lipinski definition) is 4. The Balaban J connectivity index is 2.14. The van der Waals surface area contributed by atoms with Gasteiger partial charge in [0.1, 0.15) is 11.5 Å². The highest BCUT2D eigenvalue weighted by atomic mass is 19.1. The third-order valence-corrected chi connectivity index (χ3v) is 2.86. The van der Waals surface area contributed by atoms with E-state index in [1.54, 1.807) is 6.07 Å². The number of imide groups is 1. The monoisotopic (exact) mass is 257 g/mol. The first-order valence-corrected chi connectivity index (χ1v) is 5.48. The minimum absolute atomic E-state index is 0.0312. The van der Waals surface area contributed by atoms with Gasteiger partial charge in [-0.15, -0.1) is 0 Å². The lowest BCUT2D eigenvalue weighted by Crippen LogP contribution is -2.30. The zero-order chi connectivity index (χ0) is 13.6. The summed E-state index contributed by atoms with van der Waals surface area (Å²) in [6.45, 7) is 0. The molecule has 2 amide bonds. The number of amides is 2. The molecule has 5 nitrogen and oxygen atoms in total. The Morgan fingerprint density at radius 3 is 2.63 bits per heavy atom. The molecule has 0 radical (unpaired) electrons. The molecule has 0 aliphatic carbocycles. The third-order valence-electron chi connectivity index (χ3n) is 2.86. The quantitative estimate of drug-likeness (QED) is 0.622. The fourth-order valence-electron chi connectivity index (χ4n) is 1.99. The van der Waals surface area contributed by atoms with Crippen molar-refractivity contribution in [3.8, 4) is 0 Å². The molecule has 0 atom stereocenters. The van der Waals surface area contributed by atoms with E-state index in [1.165, 1.54) is 24.4 Å². The Bertz CT molecular complexity index is 680. The summed E-state index contributed by atoms with van der Waals surface area (Å²) in [5.41, 5.74) is 5.74. The second-order valence-electron chi connectivity index (χ2n) is 4.06. The predicted molar refractivity (Wildman–Crippen MR) is 66.2 cm³/mol. The van der Waals surface area contributed by atoms with Crippen molar-refractivity contribution in [2.45, 2.75) is 0 Å². The first-order chi connectivity index (χ1) is 9.09. The molecule has 2 heterocycles. The fraction of sp³-hybridized carbons (Fsp3) is 0. The van der Waals surface area contributed by atoms with Crippen LogP contribution in [0.2, 0.25) is 0 Å². The van der Waals surface area contributed by atoms with Crippen LogP contribution in [0.3, 0.4) is 0 Å². The van der Waals surface area contributed by atoms with Crippen molar-refractivity contribution in [3.05, 3.63) is 53.6 Å². The molecule has 0 saturated heterocycles. The summed E-state index contributed by atoms with van der Waals surface area (Å²) in [6.07, 6.45) is 1.41. The van der Waals surface area contributed by atoms with Crippen LogP contribution >= 0.6 is 0 Å². The van der Waals surface area contributed by atoms with E-state index in [1.807, 2.05) is 0 Å². The van der Waals surface area contributed by atoms with Gasteiger partial charge in [0.05, 0.1) is 11.3 Å². The molecular formula is C13H8FN3O2. The molecule has 6 heteroatoms. The van der Waals surface area contributed by atoms with E-state index < -0.39 is 17.6 Å². The van der Waals surface area contributed by atoms with Crippen molar-refractivity contribution in [3.63, 3.8) is 0 Å². The lowest BCUT2D eigenvalue weighted by Gasteiger charge is -2.14. The molecular weight excluding hydrogens is 249 g/mol. The number of aromatic nitrogens is 1. The molecule has 1 aromatic carbocycles. The number of rotatable bonds is 1. The van der Waals surface area contributed by atoms with Crippen molar-refractivity contribution in [1.82, 2.24) is 4.98 Å². The maximum absolute atomic E-state index is 13.8. The zero-order valence-electron chi connectivity index (χ0n) is 9.63. The van der Waals surface area contributed by atoms with Crippen molar-refractivity contribution in [2.75, 3.05) is 10.6 Å². The normalized spacial score (nSPS) is 13.8. The van der Waals surface area contributed by atoms with Crippen molar-refractivity contribution in [2.24, 2.45) is 0 Å².